The predicted molar refractivity (Wildman–Crippen MR) is 94.0 cm³/mol. The van der Waals surface area contributed by atoms with Gasteiger partial charge in [0.25, 0.3) is 0 Å². The van der Waals surface area contributed by atoms with Gasteiger partial charge < -0.3 is 5.11 Å². The SMILES string of the molecule is CCCCC(CCCC(C)C(=O)O)C1CCC(CC)C1(C)C. The first-order valence-electron chi connectivity index (χ1n) is 9.57. The lowest BCUT2D eigenvalue weighted by atomic mass is 9.67. The van der Waals surface area contributed by atoms with Crippen LogP contribution >= 0.6 is 0 Å². The van der Waals surface area contributed by atoms with Crippen molar-refractivity contribution in [3.05, 3.63) is 0 Å². The molecule has 1 N–H and O–H groups in total. The Morgan fingerprint density at radius 3 is 2.27 bits per heavy atom. The highest BCUT2D eigenvalue weighted by molar-refractivity contribution is 5.69. The van der Waals surface area contributed by atoms with E-state index in [0.29, 0.717) is 5.41 Å². The zero-order chi connectivity index (χ0) is 16.8. The topological polar surface area (TPSA) is 37.3 Å². The van der Waals surface area contributed by atoms with Gasteiger partial charge in [0.15, 0.2) is 0 Å². The van der Waals surface area contributed by atoms with Crippen LogP contribution < -0.4 is 0 Å². The first kappa shape index (κ1) is 19.5. The molecule has 22 heavy (non-hydrogen) atoms. The number of unbranched alkanes of at least 4 members (excludes halogenated alkanes) is 1. The van der Waals surface area contributed by atoms with Gasteiger partial charge in [0.05, 0.1) is 5.92 Å². The Morgan fingerprint density at radius 1 is 1.14 bits per heavy atom. The molecule has 0 aliphatic heterocycles. The van der Waals surface area contributed by atoms with Gasteiger partial charge in [-0.1, -0.05) is 73.1 Å². The lowest BCUT2D eigenvalue weighted by molar-refractivity contribution is -0.141. The summed E-state index contributed by atoms with van der Waals surface area (Å²) in [5.74, 6) is 1.68. The van der Waals surface area contributed by atoms with Gasteiger partial charge in [-0.15, -0.1) is 0 Å². The maximum absolute atomic E-state index is 11.0. The first-order valence-corrected chi connectivity index (χ1v) is 9.57. The fourth-order valence-electron chi connectivity index (χ4n) is 4.82. The molecule has 1 fully saturated rings. The Balaban J connectivity index is 2.62. The highest BCUT2D eigenvalue weighted by Gasteiger charge is 2.44. The van der Waals surface area contributed by atoms with Gasteiger partial charge in [-0.3, -0.25) is 4.79 Å². The van der Waals surface area contributed by atoms with Gasteiger partial charge >= 0.3 is 5.97 Å². The molecule has 0 aromatic rings. The van der Waals surface area contributed by atoms with Gasteiger partial charge in [0, 0.05) is 0 Å². The fraction of sp³-hybridized carbons (Fsp3) is 0.950. The summed E-state index contributed by atoms with van der Waals surface area (Å²) in [7, 11) is 0. The highest BCUT2D eigenvalue weighted by atomic mass is 16.4. The molecule has 0 aromatic carbocycles. The van der Waals surface area contributed by atoms with Gasteiger partial charge in [0.2, 0.25) is 0 Å². The summed E-state index contributed by atoms with van der Waals surface area (Å²) in [6.07, 6.45) is 11.1. The second kappa shape index (κ2) is 8.93. The van der Waals surface area contributed by atoms with Crippen molar-refractivity contribution in [3.63, 3.8) is 0 Å². The van der Waals surface area contributed by atoms with E-state index < -0.39 is 5.97 Å². The Hall–Kier alpha value is -0.530. The van der Waals surface area contributed by atoms with Crippen molar-refractivity contribution < 1.29 is 9.90 Å². The first-order chi connectivity index (χ1) is 10.3. The van der Waals surface area contributed by atoms with Crippen molar-refractivity contribution in [1.29, 1.82) is 0 Å². The summed E-state index contributed by atoms with van der Waals surface area (Å²) in [6, 6.07) is 0. The quantitative estimate of drug-likeness (QED) is 0.525. The monoisotopic (exact) mass is 310 g/mol. The summed E-state index contributed by atoms with van der Waals surface area (Å²) >= 11 is 0. The van der Waals surface area contributed by atoms with Crippen LogP contribution in [0.4, 0.5) is 0 Å². The molecule has 1 aliphatic carbocycles. The van der Waals surface area contributed by atoms with Crippen LogP contribution in [-0.4, -0.2) is 11.1 Å². The van der Waals surface area contributed by atoms with Gasteiger partial charge in [-0.05, 0) is 42.4 Å². The highest BCUT2D eigenvalue weighted by Crippen LogP contribution is 2.53. The van der Waals surface area contributed by atoms with Crippen molar-refractivity contribution in [2.24, 2.45) is 29.1 Å². The lowest BCUT2D eigenvalue weighted by Crippen LogP contribution is -2.30. The Labute approximate surface area is 138 Å². The van der Waals surface area contributed by atoms with Gasteiger partial charge in [0.1, 0.15) is 0 Å². The zero-order valence-electron chi connectivity index (χ0n) is 15.5. The minimum Gasteiger partial charge on any atom is -0.481 e. The number of hydrogen-bond acceptors (Lipinski definition) is 1. The molecule has 1 aliphatic rings. The minimum absolute atomic E-state index is 0.188. The molecule has 130 valence electrons. The van der Waals surface area contributed by atoms with Crippen LogP contribution in [-0.2, 0) is 4.79 Å². The van der Waals surface area contributed by atoms with E-state index in [1.54, 1.807) is 0 Å². The molecule has 0 saturated heterocycles. The maximum Gasteiger partial charge on any atom is 0.306 e. The predicted octanol–water partition coefficient (Wildman–Crippen LogP) is 6.15. The average Bonchev–Trinajstić information content (AvgIpc) is 2.76. The molecule has 0 spiro atoms. The standard InChI is InChI=1S/C20H38O2/c1-6-8-11-16(12-9-10-15(3)19(21)22)18-14-13-17(7-2)20(18,4)5/h15-18H,6-14H2,1-5H3,(H,21,22). The summed E-state index contributed by atoms with van der Waals surface area (Å²) in [6.45, 7) is 11.4. The molecular weight excluding hydrogens is 272 g/mol. The van der Waals surface area contributed by atoms with E-state index in [-0.39, 0.29) is 5.92 Å². The third-order valence-corrected chi connectivity index (χ3v) is 6.46. The number of rotatable bonds is 10. The summed E-state index contributed by atoms with van der Waals surface area (Å²) in [5.41, 5.74) is 0.464. The number of carboxylic acid groups (broad SMARTS) is 1. The van der Waals surface area contributed by atoms with E-state index in [2.05, 4.69) is 27.7 Å². The van der Waals surface area contributed by atoms with E-state index in [0.717, 1.165) is 30.6 Å². The van der Waals surface area contributed by atoms with E-state index in [9.17, 15) is 4.79 Å². The van der Waals surface area contributed by atoms with Gasteiger partial charge in [-0.2, -0.15) is 0 Å². The van der Waals surface area contributed by atoms with E-state index >= 15 is 0 Å². The van der Waals surface area contributed by atoms with Crippen LogP contribution in [0.15, 0.2) is 0 Å². The van der Waals surface area contributed by atoms with Crippen LogP contribution in [0.1, 0.15) is 92.4 Å². The molecule has 0 radical (unpaired) electrons. The van der Waals surface area contributed by atoms with E-state index in [1.165, 1.54) is 44.9 Å². The molecule has 1 saturated carbocycles. The number of hydrogen-bond donors (Lipinski definition) is 1. The average molecular weight is 311 g/mol. The Morgan fingerprint density at radius 2 is 1.77 bits per heavy atom. The maximum atomic E-state index is 11.0. The third kappa shape index (κ3) is 4.99. The van der Waals surface area contributed by atoms with Crippen LogP contribution in [0.3, 0.4) is 0 Å². The van der Waals surface area contributed by atoms with Crippen LogP contribution in [0, 0.1) is 29.1 Å². The van der Waals surface area contributed by atoms with E-state index in [4.69, 9.17) is 5.11 Å². The van der Waals surface area contributed by atoms with Crippen LogP contribution in [0.25, 0.3) is 0 Å². The summed E-state index contributed by atoms with van der Waals surface area (Å²) in [4.78, 5) is 11.0. The molecule has 4 atom stereocenters. The molecule has 0 bridgehead atoms. The second-order valence-electron chi connectivity index (χ2n) is 8.18. The second-order valence-corrected chi connectivity index (χ2v) is 8.18. The van der Waals surface area contributed by atoms with Crippen LogP contribution in [0.5, 0.6) is 0 Å². The van der Waals surface area contributed by atoms with Crippen molar-refractivity contribution in [3.8, 4) is 0 Å². The largest absolute Gasteiger partial charge is 0.481 e. The van der Waals surface area contributed by atoms with Crippen LogP contribution in [0.2, 0.25) is 0 Å². The van der Waals surface area contributed by atoms with E-state index in [1.807, 2.05) is 6.92 Å². The molecule has 1 rings (SSSR count). The molecular formula is C20H38O2. The van der Waals surface area contributed by atoms with Crippen molar-refractivity contribution >= 4 is 5.97 Å². The van der Waals surface area contributed by atoms with Gasteiger partial charge in [-0.25, -0.2) is 0 Å². The molecule has 0 heterocycles. The van der Waals surface area contributed by atoms with Crippen molar-refractivity contribution in [2.75, 3.05) is 0 Å². The third-order valence-electron chi connectivity index (χ3n) is 6.46. The lowest BCUT2D eigenvalue weighted by Gasteiger charge is -2.38. The molecule has 4 unspecified atom stereocenters. The zero-order valence-corrected chi connectivity index (χ0v) is 15.5. The summed E-state index contributed by atoms with van der Waals surface area (Å²) in [5, 5.41) is 9.05. The number of carboxylic acids is 1. The molecule has 0 aromatic heterocycles. The molecule has 2 nitrogen and oxygen atoms in total. The fourth-order valence-corrected chi connectivity index (χ4v) is 4.82. The van der Waals surface area contributed by atoms with Crippen molar-refractivity contribution in [1.82, 2.24) is 0 Å². The Kier molecular flexibility index (Phi) is 7.93. The molecule has 0 amide bonds. The number of aliphatic carboxylic acids is 1. The van der Waals surface area contributed by atoms with Crippen molar-refractivity contribution in [2.45, 2.75) is 92.4 Å². The minimum atomic E-state index is -0.641. The normalized spacial score (nSPS) is 26.8. The molecule has 2 heteroatoms. The Bertz CT molecular complexity index is 335. The summed E-state index contributed by atoms with van der Waals surface area (Å²) < 4.78 is 0. The smallest absolute Gasteiger partial charge is 0.306 e. The number of carbonyl (C=O) groups is 1.